The molecule has 0 aliphatic rings. The van der Waals surface area contributed by atoms with Gasteiger partial charge in [-0.1, -0.05) is 11.6 Å². The van der Waals surface area contributed by atoms with E-state index in [-0.39, 0.29) is 11.9 Å². The molecule has 0 unspecified atom stereocenters. The Bertz CT molecular complexity index is 523. The van der Waals surface area contributed by atoms with Gasteiger partial charge in [0.2, 0.25) is 11.9 Å². The van der Waals surface area contributed by atoms with Crippen molar-refractivity contribution >= 4 is 34.8 Å². The number of nitrogen functional groups attached to an aromatic ring is 2. The zero-order valence-electron chi connectivity index (χ0n) is 9.80. The molecule has 8 heteroatoms. The van der Waals surface area contributed by atoms with Crippen LogP contribution in [0.1, 0.15) is 10.7 Å². The second-order valence-electron chi connectivity index (χ2n) is 3.85. The Morgan fingerprint density at radius 3 is 2.39 bits per heavy atom. The van der Waals surface area contributed by atoms with Crippen LogP contribution in [0.15, 0.2) is 12.1 Å². The lowest BCUT2D eigenvalue weighted by molar-refractivity contribution is 0.313. The van der Waals surface area contributed by atoms with Crippen molar-refractivity contribution < 1.29 is 0 Å². The van der Waals surface area contributed by atoms with Crippen LogP contribution in [0, 0.1) is 0 Å². The Hall–Kier alpha value is -1.44. The Kier molecular flexibility index (Phi) is 3.95. The smallest absolute Gasteiger partial charge is 0.225 e. The molecule has 0 radical (unpaired) electrons. The molecule has 2 aromatic heterocycles. The predicted molar refractivity (Wildman–Crippen MR) is 73.2 cm³/mol. The highest BCUT2D eigenvalue weighted by atomic mass is 35.5. The van der Waals surface area contributed by atoms with Crippen molar-refractivity contribution in [3.63, 3.8) is 0 Å². The molecule has 0 aliphatic carbocycles. The molecule has 0 fully saturated rings. The molecule has 0 amide bonds. The van der Waals surface area contributed by atoms with Crippen LogP contribution >= 0.6 is 22.9 Å². The molecule has 6 nitrogen and oxygen atoms in total. The number of nitrogens with zero attached hydrogens (tertiary/aromatic N) is 4. The van der Waals surface area contributed by atoms with Gasteiger partial charge in [-0.3, -0.25) is 4.90 Å². The number of anilines is 2. The van der Waals surface area contributed by atoms with Gasteiger partial charge < -0.3 is 11.5 Å². The zero-order valence-corrected chi connectivity index (χ0v) is 11.4. The van der Waals surface area contributed by atoms with Gasteiger partial charge in [0, 0.05) is 11.4 Å². The molecule has 0 saturated heterocycles. The van der Waals surface area contributed by atoms with Gasteiger partial charge in [0.25, 0.3) is 0 Å². The molecule has 2 rings (SSSR count). The summed E-state index contributed by atoms with van der Waals surface area (Å²) in [7, 11) is 1.96. The second kappa shape index (κ2) is 5.47. The van der Waals surface area contributed by atoms with Crippen LogP contribution in [0.3, 0.4) is 0 Å². The number of hydrogen-bond acceptors (Lipinski definition) is 7. The third-order valence-electron chi connectivity index (χ3n) is 2.18. The summed E-state index contributed by atoms with van der Waals surface area (Å²) in [6.07, 6.45) is 0. The van der Waals surface area contributed by atoms with Crippen LogP contribution < -0.4 is 11.5 Å². The van der Waals surface area contributed by atoms with Crippen molar-refractivity contribution in [2.45, 2.75) is 13.1 Å². The van der Waals surface area contributed by atoms with Gasteiger partial charge >= 0.3 is 0 Å². The Balaban J connectivity index is 2.00. The van der Waals surface area contributed by atoms with E-state index in [2.05, 4.69) is 19.9 Å². The fourth-order valence-corrected chi connectivity index (χ4v) is 2.70. The third-order valence-corrected chi connectivity index (χ3v) is 3.40. The van der Waals surface area contributed by atoms with Crippen LogP contribution in [0.2, 0.25) is 4.34 Å². The summed E-state index contributed by atoms with van der Waals surface area (Å²) in [5, 5.41) is 0. The number of hydrogen-bond donors (Lipinski definition) is 2. The van der Waals surface area contributed by atoms with Crippen LogP contribution in [0.25, 0.3) is 0 Å². The van der Waals surface area contributed by atoms with E-state index in [9.17, 15) is 0 Å². The molecular formula is C10H13ClN6S. The predicted octanol–water partition coefficient (Wildman–Crippen LogP) is 1.38. The minimum atomic E-state index is 0.144. The van der Waals surface area contributed by atoms with Gasteiger partial charge in [-0.25, -0.2) is 0 Å². The molecule has 96 valence electrons. The fourth-order valence-electron chi connectivity index (χ4n) is 1.53. The van der Waals surface area contributed by atoms with Crippen molar-refractivity contribution in [2.75, 3.05) is 18.5 Å². The first-order valence-electron chi connectivity index (χ1n) is 5.21. The average molecular weight is 285 g/mol. The van der Waals surface area contributed by atoms with Gasteiger partial charge in [-0.15, -0.1) is 11.3 Å². The molecule has 0 spiro atoms. The van der Waals surface area contributed by atoms with Gasteiger partial charge in [0.05, 0.1) is 10.9 Å². The van der Waals surface area contributed by atoms with Crippen molar-refractivity contribution in [3.8, 4) is 0 Å². The minimum absolute atomic E-state index is 0.144. The first kappa shape index (κ1) is 13.0. The summed E-state index contributed by atoms with van der Waals surface area (Å²) >= 11 is 7.43. The minimum Gasteiger partial charge on any atom is -0.368 e. The largest absolute Gasteiger partial charge is 0.368 e. The lowest BCUT2D eigenvalue weighted by Gasteiger charge is -2.14. The van der Waals surface area contributed by atoms with E-state index in [1.807, 2.05) is 19.2 Å². The summed E-state index contributed by atoms with van der Waals surface area (Å²) in [6, 6.07) is 3.88. The van der Waals surface area contributed by atoms with Crippen molar-refractivity contribution in [1.29, 1.82) is 0 Å². The normalized spacial score (nSPS) is 11.1. The van der Waals surface area contributed by atoms with Crippen molar-refractivity contribution in [1.82, 2.24) is 19.9 Å². The first-order valence-corrected chi connectivity index (χ1v) is 6.41. The average Bonchev–Trinajstić information content (AvgIpc) is 2.61. The lowest BCUT2D eigenvalue weighted by atomic mass is 10.4. The maximum Gasteiger partial charge on any atom is 0.225 e. The number of thiophene rings is 1. The molecule has 0 aliphatic heterocycles. The summed E-state index contributed by atoms with van der Waals surface area (Å²) in [6.45, 7) is 1.31. The van der Waals surface area contributed by atoms with Crippen LogP contribution in [-0.4, -0.2) is 26.9 Å². The van der Waals surface area contributed by atoms with Gasteiger partial charge in [-0.2, -0.15) is 15.0 Å². The number of aromatic nitrogens is 3. The molecule has 2 heterocycles. The van der Waals surface area contributed by atoms with E-state index in [0.717, 1.165) is 10.9 Å². The lowest BCUT2D eigenvalue weighted by Crippen LogP contribution is -2.19. The van der Waals surface area contributed by atoms with Crippen molar-refractivity contribution in [3.05, 3.63) is 27.2 Å². The van der Waals surface area contributed by atoms with E-state index >= 15 is 0 Å². The molecule has 4 N–H and O–H groups in total. The molecule has 0 atom stereocenters. The first-order chi connectivity index (χ1) is 8.52. The quantitative estimate of drug-likeness (QED) is 0.881. The Morgan fingerprint density at radius 2 is 1.83 bits per heavy atom. The van der Waals surface area contributed by atoms with E-state index < -0.39 is 0 Å². The van der Waals surface area contributed by atoms with E-state index in [1.165, 1.54) is 4.88 Å². The monoisotopic (exact) mass is 284 g/mol. The molecule has 2 aromatic rings. The molecule has 0 saturated carbocycles. The topological polar surface area (TPSA) is 94.0 Å². The highest BCUT2D eigenvalue weighted by Crippen LogP contribution is 2.22. The molecule has 0 aromatic carbocycles. The molecule has 0 bridgehead atoms. The number of halogens is 1. The van der Waals surface area contributed by atoms with Gasteiger partial charge in [0.15, 0.2) is 0 Å². The summed E-state index contributed by atoms with van der Waals surface area (Å²) in [5.74, 6) is 0.847. The zero-order chi connectivity index (χ0) is 13.1. The van der Waals surface area contributed by atoms with Gasteiger partial charge in [0.1, 0.15) is 5.82 Å². The summed E-state index contributed by atoms with van der Waals surface area (Å²) in [5.41, 5.74) is 11.0. The van der Waals surface area contributed by atoms with E-state index in [4.69, 9.17) is 23.1 Å². The second-order valence-corrected chi connectivity index (χ2v) is 5.65. The molecular weight excluding hydrogens is 272 g/mol. The molecule has 18 heavy (non-hydrogen) atoms. The van der Waals surface area contributed by atoms with E-state index in [0.29, 0.717) is 12.4 Å². The maximum atomic E-state index is 5.88. The SMILES string of the molecule is CN(Cc1nc(N)nc(N)n1)Cc1ccc(Cl)s1. The Labute approximate surface area is 114 Å². The fraction of sp³-hybridized carbons (Fsp3) is 0.300. The highest BCUT2D eigenvalue weighted by molar-refractivity contribution is 7.16. The third kappa shape index (κ3) is 3.52. The standard InChI is InChI=1S/C10H13ClN6S/c1-17(4-6-2-3-7(11)18-6)5-8-14-9(12)16-10(13)15-8/h2-3H,4-5H2,1H3,(H4,12,13,14,15,16). The van der Waals surface area contributed by atoms with Crippen molar-refractivity contribution in [2.24, 2.45) is 0 Å². The van der Waals surface area contributed by atoms with Crippen LogP contribution in [0.4, 0.5) is 11.9 Å². The maximum absolute atomic E-state index is 5.88. The number of rotatable bonds is 4. The van der Waals surface area contributed by atoms with Gasteiger partial charge in [-0.05, 0) is 19.2 Å². The Morgan fingerprint density at radius 1 is 1.17 bits per heavy atom. The van der Waals surface area contributed by atoms with Crippen LogP contribution in [-0.2, 0) is 13.1 Å². The number of nitrogens with two attached hydrogens (primary N) is 2. The highest BCUT2D eigenvalue weighted by Gasteiger charge is 2.07. The van der Waals surface area contributed by atoms with Crippen LogP contribution in [0.5, 0.6) is 0 Å². The van der Waals surface area contributed by atoms with E-state index in [1.54, 1.807) is 11.3 Å². The summed E-state index contributed by atoms with van der Waals surface area (Å²) < 4.78 is 0.784. The summed E-state index contributed by atoms with van der Waals surface area (Å²) in [4.78, 5) is 15.0.